The second kappa shape index (κ2) is 5.63. The monoisotopic (exact) mass is 299 g/mol. The molecule has 17 heavy (non-hydrogen) atoms. The van der Waals surface area contributed by atoms with Crippen LogP contribution in [0.5, 0.6) is 0 Å². The first-order valence-corrected chi connectivity index (χ1v) is 6.68. The lowest BCUT2D eigenvalue weighted by Crippen LogP contribution is -2.29. The molecule has 2 nitrogen and oxygen atoms in total. The Hall–Kier alpha value is -0.900. The number of hydrogen-bond acceptors (Lipinski definition) is 1. The quantitative estimate of drug-likeness (QED) is 0.818. The van der Waals surface area contributed by atoms with E-state index in [1.54, 1.807) is 12.1 Å². The number of benzene rings is 1. The summed E-state index contributed by atoms with van der Waals surface area (Å²) in [6, 6.07) is 4.91. The number of amides is 1. The van der Waals surface area contributed by atoms with Crippen molar-refractivity contribution in [2.45, 2.75) is 32.2 Å². The van der Waals surface area contributed by atoms with E-state index < -0.39 is 0 Å². The SMILES string of the molecule is O=C1CCCCCN1Cc1ccc(F)c(Br)c1. The van der Waals surface area contributed by atoms with Gasteiger partial charge in [-0.2, -0.15) is 0 Å². The summed E-state index contributed by atoms with van der Waals surface area (Å²) in [6.45, 7) is 1.39. The summed E-state index contributed by atoms with van der Waals surface area (Å²) in [7, 11) is 0. The highest BCUT2D eigenvalue weighted by molar-refractivity contribution is 9.10. The Labute approximate surface area is 109 Å². The lowest BCUT2D eigenvalue weighted by Gasteiger charge is -2.20. The fourth-order valence-corrected chi connectivity index (χ4v) is 2.49. The van der Waals surface area contributed by atoms with Gasteiger partial charge >= 0.3 is 0 Å². The van der Waals surface area contributed by atoms with Crippen molar-refractivity contribution in [2.75, 3.05) is 6.54 Å². The molecule has 4 heteroatoms. The lowest BCUT2D eigenvalue weighted by atomic mass is 10.2. The standard InChI is InChI=1S/C13H15BrFNO/c14-11-8-10(5-6-12(11)15)9-16-7-3-1-2-4-13(16)17/h5-6,8H,1-4,7,9H2. The second-order valence-electron chi connectivity index (χ2n) is 4.37. The zero-order valence-corrected chi connectivity index (χ0v) is 11.2. The van der Waals surface area contributed by atoms with Crippen LogP contribution in [0.25, 0.3) is 0 Å². The van der Waals surface area contributed by atoms with Gasteiger partial charge in [-0.1, -0.05) is 12.5 Å². The van der Waals surface area contributed by atoms with Gasteiger partial charge in [-0.25, -0.2) is 4.39 Å². The van der Waals surface area contributed by atoms with Crippen molar-refractivity contribution in [3.8, 4) is 0 Å². The first-order valence-electron chi connectivity index (χ1n) is 5.88. The Kier molecular flexibility index (Phi) is 4.15. The van der Waals surface area contributed by atoms with Gasteiger partial charge < -0.3 is 4.90 Å². The van der Waals surface area contributed by atoms with Crippen molar-refractivity contribution in [3.63, 3.8) is 0 Å². The molecular weight excluding hydrogens is 285 g/mol. The maximum Gasteiger partial charge on any atom is 0.222 e. The largest absolute Gasteiger partial charge is 0.338 e. The number of rotatable bonds is 2. The molecule has 1 aromatic rings. The maximum atomic E-state index is 13.1. The van der Waals surface area contributed by atoms with Crippen molar-refractivity contribution in [2.24, 2.45) is 0 Å². The van der Waals surface area contributed by atoms with E-state index in [0.717, 1.165) is 31.4 Å². The summed E-state index contributed by atoms with van der Waals surface area (Å²) >= 11 is 3.16. The summed E-state index contributed by atoms with van der Waals surface area (Å²) in [5, 5.41) is 0. The van der Waals surface area contributed by atoms with Crippen molar-refractivity contribution in [3.05, 3.63) is 34.1 Å². The highest BCUT2D eigenvalue weighted by Crippen LogP contribution is 2.19. The summed E-state index contributed by atoms with van der Waals surface area (Å²) in [5.41, 5.74) is 0.966. The summed E-state index contributed by atoms with van der Waals surface area (Å²) < 4.78 is 13.5. The van der Waals surface area contributed by atoms with Crippen LogP contribution in [0.1, 0.15) is 31.2 Å². The first kappa shape index (κ1) is 12.6. The van der Waals surface area contributed by atoms with Crippen molar-refractivity contribution >= 4 is 21.8 Å². The zero-order valence-electron chi connectivity index (χ0n) is 9.59. The molecule has 0 saturated carbocycles. The number of carbonyl (C=O) groups is 1. The van der Waals surface area contributed by atoms with Crippen LogP contribution >= 0.6 is 15.9 Å². The van der Waals surface area contributed by atoms with E-state index in [1.807, 2.05) is 4.90 Å². The minimum Gasteiger partial charge on any atom is -0.338 e. The van der Waals surface area contributed by atoms with Crippen LogP contribution in [-0.4, -0.2) is 17.4 Å². The summed E-state index contributed by atoms with van der Waals surface area (Å²) in [4.78, 5) is 13.7. The molecule has 1 amide bonds. The first-order chi connectivity index (χ1) is 8.16. The van der Waals surface area contributed by atoms with E-state index in [-0.39, 0.29) is 11.7 Å². The Bertz CT molecular complexity index is 422. The Morgan fingerprint density at radius 2 is 2.12 bits per heavy atom. The minimum absolute atomic E-state index is 0.211. The van der Waals surface area contributed by atoms with Gasteiger partial charge in [-0.3, -0.25) is 4.79 Å². The summed E-state index contributed by atoms with van der Waals surface area (Å²) in [6.07, 6.45) is 3.81. The predicted molar refractivity (Wildman–Crippen MR) is 68.0 cm³/mol. The molecule has 0 N–H and O–H groups in total. The van der Waals surface area contributed by atoms with Gasteiger partial charge in [0.1, 0.15) is 5.82 Å². The van der Waals surface area contributed by atoms with Crippen LogP contribution < -0.4 is 0 Å². The molecule has 0 bridgehead atoms. The van der Waals surface area contributed by atoms with Crippen molar-refractivity contribution < 1.29 is 9.18 Å². The van der Waals surface area contributed by atoms with Crippen LogP contribution in [-0.2, 0) is 11.3 Å². The van der Waals surface area contributed by atoms with Gasteiger partial charge in [0.05, 0.1) is 4.47 Å². The maximum absolute atomic E-state index is 13.1. The average Bonchev–Trinajstić information content (AvgIpc) is 2.50. The molecule has 0 unspecified atom stereocenters. The number of likely N-dealkylation sites (tertiary alicyclic amines) is 1. The van der Waals surface area contributed by atoms with Gasteiger partial charge in [0, 0.05) is 19.5 Å². The highest BCUT2D eigenvalue weighted by atomic mass is 79.9. The molecule has 0 aliphatic carbocycles. The van der Waals surface area contributed by atoms with Crippen molar-refractivity contribution in [1.29, 1.82) is 0 Å². The normalized spacial score (nSPS) is 17.1. The molecule has 0 aromatic heterocycles. The third kappa shape index (κ3) is 3.28. The molecule has 1 aliphatic rings. The molecular formula is C13H15BrFNO. The fourth-order valence-electron chi connectivity index (χ4n) is 2.06. The third-order valence-electron chi connectivity index (χ3n) is 3.03. The number of carbonyl (C=O) groups excluding carboxylic acids is 1. The number of nitrogens with zero attached hydrogens (tertiary/aromatic N) is 1. The van der Waals surface area contributed by atoms with Gasteiger partial charge in [0.15, 0.2) is 0 Å². The molecule has 2 rings (SSSR count). The van der Waals surface area contributed by atoms with E-state index in [1.165, 1.54) is 6.07 Å². The van der Waals surface area contributed by atoms with Crippen LogP contribution in [0.2, 0.25) is 0 Å². The van der Waals surface area contributed by atoms with Crippen LogP contribution in [0.15, 0.2) is 22.7 Å². The zero-order chi connectivity index (χ0) is 12.3. The highest BCUT2D eigenvalue weighted by Gasteiger charge is 2.16. The van der Waals surface area contributed by atoms with E-state index in [9.17, 15) is 9.18 Å². The van der Waals surface area contributed by atoms with Gasteiger partial charge in [-0.05, 0) is 46.5 Å². The van der Waals surface area contributed by atoms with Crippen molar-refractivity contribution in [1.82, 2.24) is 4.90 Å². The van der Waals surface area contributed by atoms with Gasteiger partial charge in [-0.15, -0.1) is 0 Å². The number of hydrogen-bond donors (Lipinski definition) is 0. The predicted octanol–water partition coefficient (Wildman–Crippen LogP) is 3.49. The Morgan fingerprint density at radius 1 is 1.29 bits per heavy atom. The van der Waals surface area contributed by atoms with E-state index in [4.69, 9.17) is 0 Å². The molecule has 1 aromatic carbocycles. The molecule has 1 heterocycles. The molecule has 1 fully saturated rings. The van der Waals surface area contributed by atoms with E-state index in [0.29, 0.717) is 17.4 Å². The fraction of sp³-hybridized carbons (Fsp3) is 0.462. The topological polar surface area (TPSA) is 20.3 Å². The third-order valence-corrected chi connectivity index (χ3v) is 3.64. The molecule has 1 aliphatic heterocycles. The van der Waals surface area contributed by atoms with Gasteiger partial charge in [0.2, 0.25) is 5.91 Å². The lowest BCUT2D eigenvalue weighted by molar-refractivity contribution is -0.131. The Balaban J connectivity index is 2.08. The van der Waals surface area contributed by atoms with Crippen LogP contribution in [0.4, 0.5) is 4.39 Å². The molecule has 92 valence electrons. The molecule has 1 saturated heterocycles. The van der Waals surface area contributed by atoms with E-state index in [2.05, 4.69) is 15.9 Å². The number of halogens is 2. The minimum atomic E-state index is -0.268. The Morgan fingerprint density at radius 3 is 2.88 bits per heavy atom. The molecule has 0 atom stereocenters. The molecule has 0 spiro atoms. The summed E-state index contributed by atoms with van der Waals surface area (Å²) in [5.74, 6) is -0.0566. The van der Waals surface area contributed by atoms with E-state index >= 15 is 0 Å². The van der Waals surface area contributed by atoms with Gasteiger partial charge in [0.25, 0.3) is 0 Å². The van der Waals surface area contributed by atoms with Crippen LogP contribution in [0, 0.1) is 5.82 Å². The second-order valence-corrected chi connectivity index (χ2v) is 5.23. The average molecular weight is 300 g/mol. The molecule has 0 radical (unpaired) electrons. The smallest absolute Gasteiger partial charge is 0.222 e. The van der Waals surface area contributed by atoms with Crippen LogP contribution in [0.3, 0.4) is 0 Å².